The van der Waals surface area contributed by atoms with Crippen LogP contribution in [0.1, 0.15) is 121 Å². The third-order valence-electron chi connectivity index (χ3n) is 12.7. The molecule has 9 nitrogen and oxygen atoms in total. The molecule has 1 saturated heterocycles. The minimum atomic E-state index is -0.879. The summed E-state index contributed by atoms with van der Waals surface area (Å²) in [5.41, 5.74) is 4.22. The molecule has 0 radical (unpaired) electrons. The molecular weight excluding hydrogens is 721 g/mol. The van der Waals surface area contributed by atoms with Gasteiger partial charge in [-0.1, -0.05) is 74.2 Å². The van der Waals surface area contributed by atoms with Gasteiger partial charge in [0.15, 0.2) is 5.78 Å². The Balaban J connectivity index is 1.11. The number of carbonyl (C=O) groups is 3. The summed E-state index contributed by atoms with van der Waals surface area (Å²) in [4.78, 5) is 55.0. The third kappa shape index (κ3) is 7.83. The molecule has 5 atom stereocenters. The van der Waals surface area contributed by atoms with Gasteiger partial charge in [0.1, 0.15) is 16.6 Å². The minimum Gasteiger partial charge on any atom is -0.466 e. The van der Waals surface area contributed by atoms with Crippen molar-refractivity contribution < 1.29 is 23.9 Å². The number of carbonyl (C=O) groups excluding carboxylic acids is 3. The molecule has 2 aromatic carbocycles. The lowest BCUT2D eigenvalue weighted by atomic mass is 9.90. The summed E-state index contributed by atoms with van der Waals surface area (Å²) < 4.78 is 14.5. The number of para-hydroxylation sites is 1. The van der Waals surface area contributed by atoms with Crippen molar-refractivity contribution in [1.29, 1.82) is 0 Å². The predicted molar refractivity (Wildman–Crippen MR) is 220 cm³/mol. The molecule has 10 heteroatoms. The molecule has 2 aromatic heterocycles. The lowest BCUT2D eigenvalue weighted by Crippen LogP contribution is -2.45. The van der Waals surface area contributed by atoms with Gasteiger partial charge in [-0.3, -0.25) is 19.0 Å². The van der Waals surface area contributed by atoms with Crippen LogP contribution >= 0.6 is 11.3 Å². The molecule has 0 bridgehead atoms. The monoisotopic (exact) mass is 776 g/mol. The Bertz CT molecular complexity index is 2070. The maximum atomic E-state index is 14.8. The molecule has 2 aliphatic heterocycles. The van der Waals surface area contributed by atoms with E-state index in [1.807, 2.05) is 18.2 Å². The molecular formula is C46H56N4O5S. The van der Waals surface area contributed by atoms with Crippen molar-refractivity contribution in [3.05, 3.63) is 77.3 Å². The number of allylic oxidation sites excluding steroid dienone is 2. The van der Waals surface area contributed by atoms with Crippen LogP contribution in [0.2, 0.25) is 0 Å². The van der Waals surface area contributed by atoms with E-state index in [-0.39, 0.29) is 55.1 Å². The fourth-order valence-electron chi connectivity index (χ4n) is 9.59. The number of fused-ring (bicyclic) bond motifs is 3. The molecule has 2 saturated carbocycles. The van der Waals surface area contributed by atoms with Crippen LogP contribution in [0.4, 0.5) is 0 Å². The highest BCUT2D eigenvalue weighted by molar-refractivity contribution is 7.13. The summed E-state index contributed by atoms with van der Waals surface area (Å²) in [7, 11) is 0. The van der Waals surface area contributed by atoms with Crippen LogP contribution in [0, 0.1) is 17.3 Å². The van der Waals surface area contributed by atoms with Gasteiger partial charge in [0, 0.05) is 41.7 Å². The number of benzene rings is 2. The lowest BCUT2D eigenvalue weighted by molar-refractivity contribution is -0.152. The SMILES string of the molecule is CCOC(=O)[C@]12CC(=O)[C@@H]3C[C@@H](Oc4nc5c(-c6nc(C7CCCC7)cs6)cccc5n4C(C)C)CN3C(=O)[C@@H](Cc3ccccc3)CCCCC/C=C\[C@H]1C2. The Morgan fingerprint density at radius 2 is 1.79 bits per heavy atom. The second kappa shape index (κ2) is 16.7. The highest BCUT2D eigenvalue weighted by Gasteiger charge is 2.61. The molecule has 4 aromatic rings. The second-order valence-electron chi connectivity index (χ2n) is 16.9. The zero-order valence-electron chi connectivity index (χ0n) is 33.2. The van der Waals surface area contributed by atoms with Gasteiger partial charge in [-0.25, -0.2) is 4.98 Å². The van der Waals surface area contributed by atoms with Crippen molar-refractivity contribution >= 4 is 40.0 Å². The van der Waals surface area contributed by atoms with E-state index in [1.165, 1.54) is 31.4 Å². The van der Waals surface area contributed by atoms with Gasteiger partial charge in [0.2, 0.25) is 5.91 Å². The van der Waals surface area contributed by atoms with E-state index in [4.69, 9.17) is 19.4 Å². The number of thiazole rings is 1. The van der Waals surface area contributed by atoms with Crippen molar-refractivity contribution in [3.8, 4) is 16.6 Å². The van der Waals surface area contributed by atoms with Gasteiger partial charge in [-0.05, 0) is 89.3 Å². The Kier molecular flexibility index (Phi) is 11.5. The number of amides is 1. The first kappa shape index (κ1) is 38.6. The smallest absolute Gasteiger partial charge is 0.313 e. The molecule has 296 valence electrons. The summed E-state index contributed by atoms with van der Waals surface area (Å²) in [6.45, 7) is 6.59. The van der Waals surface area contributed by atoms with Crippen LogP contribution in [0.15, 0.2) is 66.1 Å². The van der Waals surface area contributed by atoms with Gasteiger partial charge in [0.05, 0.1) is 35.8 Å². The van der Waals surface area contributed by atoms with Crippen LogP contribution < -0.4 is 4.74 Å². The third-order valence-corrected chi connectivity index (χ3v) is 13.6. The molecule has 2 aliphatic carbocycles. The van der Waals surface area contributed by atoms with Crippen LogP contribution in [-0.2, 0) is 25.5 Å². The molecule has 4 heterocycles. The molecule has 0 spiro atoms. The molecule has 56 heavy (non-hydrogen) atoms. The first-order valence-electron chi connectivity index (χ1n) is 21.1. The Morgan fingerprint density at radius 3 is 2.57 bits per heavy atom. The van der Waals surface area contributed by atoms with Crippen molar-refractivity contribution in [3.63, 3.8) is 0 Å². The highest BCUT2D eigenvalue weighted by Crippen LogP contribution is 2.58. The summed E-state index contributed by atoms with van der Waals surface area (Å²) in [6, 6.07) is 16.2. The van der Waals surface area contributed by atoms with E-state index in [1.54, 1.807) is 23.2 Å². The van der Waals surface area contributed by atoms with E-state index in [0.717, 1.165) is 59.3 Å². The van der Waals surface area contributed by atoms with Crippen LogP contribution in [0.25, 0.3) is 21.6 Å². The van der Waals surface area contributed by atoms with E-state index >= 15 is 0 Å². The zero-order valence-corrected chi connectivity index (χ0v) is 34.0. The number of esters is 1. The van der Waals surface area contributed by atoms with Gasteiger partial charge in [0.25, 0.3) is 6.01 Å². The molecule has 0 unspecified atom stereocenters. The number of nitrogens with zero attached hydrogens (tertiary/aromatic N) is 4. The minimum absolute atomic E-state index is 0.00897. The highest BCUT2D eigenvalue weighted by atomic mass is 32.1. The van der Waals surface area contributed by atoms with E-state index in [9.17, 15) is 14.4 Å². The zero-order chi connectivity index (χ0) is 38.8. The lowest BCUT2D eigenvalue weighted by Gasteiger charge is -2.29. The number of hydrogen-bond acceptors (Lipinski definition) is 8. The fourth-order valence-corrected chi connectivity index (χ4v) is 10.5. The van der Waals surface area contributed by atoms with E-state index < -0.39 is 17.6 Å². The predicted octanol–water partition coefficient (Wildman–Crippen LogP) is 9.65. The normalized spacial score (nSPS) is 26.8. The number of Topliss-reactive ketones (excluding diaryl/α,β-unsaturated/α-hetero) is 1. The van der Waals surface area contributed by atoms with Crippen LogP contribution in [0.5, 0.6) is 6.01 Å². The molecule has 4 aliphatic rings. The van der Waals surface area contributed by atoms with Crippen molar-refractivity contribution in [2.45, 2.75) is 128 Å². The van der Waals surface area contributed by atoms with Crippen molar-refractivity contribution in [1.82, 2.24) is 19.4 Å². The topological polar surface area (TPSA) is 104 Å². The maximum Gasteiger partial charge on any atom is 0.313 e. The molecule has 1 amide bonds. The summed E-state index contributed by atoms with van der Waals surface area (Å²) in [5.74, 6) is -0.182. The van der Waals surface area contributed by atoms with Gasteiger partial charge in [-0.2, -0.15) is 4.98 Å². The number of ether oxygens (including phenoxy) is 2. The van der Waals surface area contributed by atoms with Crippen molar-refractivity contribution in [2.75, 3.05) is 13.2 Å². The average Bonchev–Trinajstić information content (AvgIpc) is 3.79. The van der Waals surface area contributed by atoms with Crippen LogP contribution in [0.3, 0.4) is 0 Å². The summed E-state index contributed by atoms with van der Waals surface area (Å²) in [5, 5.41) is 3.18. The van der Waals surface area contributed by atoms with E-state index in [2.05, 4.69) is 66.3 Å². The van der Waals surface area contributed by atoms with E-state index in [0.29, 0.717) is 31.2 Å². The number of aromatic nitrogens is 3. The summed E-state index contributed by atoms with van der Waals surface area (Å²) in [6.07, 6.45) is 15.0. The van der Waals surface area contributed by atoms with Gasteiger partial charge >= 0.3 is 5.97 Å². The fraction of sp³-hybridized carbons (Fsp3) is 0.543. The largest absolute Gasteiger partial charge is 0.466 e. The molecule has 8 rings (SSSR count). The standard InChI is InChI=1S/C46H56N4O5S/c1-4-54-44(53)46-26-34(46)21-12-7-5-6-11-20-33(24-31-16-9-8-10-17-31)43(52)49-28-35(25-39(49)40(51)27-46)55-45-48-41-36(22-15-23-38(41)50(45)30(2)3)42-47-37(29-56-42)32-18-13-14-19-32/h8-10,12,15-17,21-23,29-30,32-35,39H,4-7,11,13-14,18-20,24-28H2,1-3H3/b21-12-/t33-,34+,35-,39+,46-/m1/s1. The number of hydrogen-bond donors (Lipinski definition) is 0. The Morgan fingerprint density at radius 1 is 0.982 bits per heavy atom. The van der Waals surface area contributed by atoms with Gasteiger partial charge < -0.3 is 14.4 Å². The first-order chi connectivity index (χ1) is 27.3. The first-order valence-corrected chi connectivity index (χ1v) is 22.0. The summed E-state index contributed by atoms with van der Waals surface area (Å²) >= 11 is 1.68. The number of ketones is 1. The van der Waals surface area contributed by atoms with Crippen molar-refractivity contribution in [2.24, 2.45) is 17.3 Å². The number of imidazole rings is 1. The Hall–Kier alpha value is -4.31. The average molecular weight is 777 g/mol. The number of rotatable bonds is 9. The molecule has 3 fully saturated rings. The molecule has 0 N–H and O–H groups in total. The second-order valence-corrected chi connectivity index (χ2v) is 17.7. The van der Waals surface area contributed by atoms with Gasteiger partial charge in [-0.15, -0.1) is 11.3 Å². The van der Waals surface area contributed by atoms with Crippen LogP contribution in [-0.4, -0.2) is 62.4 Å². The quantitative estimate of drug-likeness (QED) is 0.123. The Labute approximate surface area is 334 Å². The maximum absolute atomic E-state index is 14.8.